The van der Waals surface area contributed by atoms with Crippen LogP contribution in [0.1, 0.15) is 63.1 Å². The average Bonchev–Trinajstić information content (AvgIpc) is 2.89. The summed E-state index contributed by atoms with van der Waals surface area (Å²) in [4.78, 5) is 17.8. The minimum absolute atomic E-state index is 0. The van der Waals surface area contributed by atoms with Crippen molar-refractivity contribution in [2.24, 2.45) is 5.92 Å². The number of halogens is 1. The summed E-state index contributed by atoms with van der Waals surface area (Å²) in [6, 6.07) is 15.6. The fourth-order valence-corrected chi connectivity index (χ4v) is 5.75. The van der Waals surface area contributed by atoms with E-state index in [0.717, 1.165) is 68.8 Å². The Morgan fingerprint density at radius 2 is 1.93 bits per heavy atom. The third-order valence-electron chi connectivity index (χ3n) is 7.99. The van der Waals surface area contributed by atoms with Gasteiger partial charge in [-0.05, 0) is 94.3 Å². The number of carbonyl (C=O) groups excluding carboxylic acids is 1. The number of aryl methyl sites for hydroxylation is 1. The van der Waals surface area contributed by atoms with Crippen LogP contribution >= 0.6 is 12.4 Å². The van der Waals surface area contributed by atoms with Gasteiger partial charge in [0.1, 0.15) is 0 Å². The molecule has 0 radical (unpaired) electrons. The number of amides is 1. The number of hydrogen-bond donors (Lipinski definition) is 3. The highest BCUT2D eigenvalue weighted by atomic mass is 35.5. The SMILES string of the molecule is Cc1cc(N(C)C(=O)C2CCC(Nc3cccc(COCC(C)(C)O)c3)CC2)ccc1CN1CCN[C@@H](C)C1.Cl. The molecular weight excluding hydrogens is 524 g/mol. The molecule has 8 heteroatoms. The molecule has 7 nitrogen and oxygen atoms in total. The van der Waals surface area contributed by atoms with Crippen LogP contribution in [0.25, 0.3) is 0 Å². The fraction of sp³-hybridized carbons (Fsp3) is 0.594. The largest absolute Gasteiger partial charge is 0.388 e. The Kier molecular flexibility index (Phi) is 11.8. The van der Waals surface area contributed by atoms with Gasteiger partial charge in [-0.25, -0.2) is 0 Å². The lowest BCUT2D eigenvalue weighted by Crippen LogP contribution is -2.48. The van der Waals surface area contributed by atoms with Gasteiger partial charge in [-0.15, -0.1) is 12.4 Å². The molecule has 1 amide bonds. The molecule has 40 heavy (non-hydrogen) atoms. The number of carbonyl (C=O) groups is 1. The van der Waals surface area contributed by atoms with Crippen LogP contribution < -0.4 is 15.5 Å². The van der Waals surface area contributed by atoms with Crippen LogP contribution in [-0.4, -0.2) is 66.9 Å². The standard InChI is InChI=1S/C32H48N4O3.ClH/c1-23-17-30(14-11-27(23)20-36-16-15-33-24(2)19-36)35(5)31(37)26-9-12-28(13-10-26)34-29-8-6-7-25(18-29)21-39-22-32(3,4)38;/h6-8,11,14,17-18,24,26,28,33-34,38H,9-10,12-13,15-16,19-22H2,1-5H3;1H/t24-,26?,28?;/m0./s1. The Hall–Kier alpha value is -2.16. The Bertz CT molecular complexity index is 1100. The van der Waals surface area contributed by atoms with E-state index in [4.69, 9.17) is 4.74 Å². The lowest BCUT2D eigenvalue weighted by atomic mass is 9.85. The van der Waals surface area contributed by atoms with E-state index in [1.165, 1.54) is 11.1 Å². The number of nitrogens with zero attached hydrogens (tertiary/aromatic N) is 2. The lowest BCUT2D eigenvalue weighted by Gasteiger charge is -2.33. The van der Waals surface area contributed by atoms with Crippen LogP contribution in [0.4, 0.5) is 11.4 Å². The molecule has 1 aliphatic carbocycles. The summed E-state index contributed by atoms with van der Waals surface area (Å²) >= 11 is 0. The van der Waals surface area contributed by atoms with E-state index in [1.807, 2.05) is 24.1 Å². The molecule has 1 saturated carbocycles. The smallest absolute Gasteiger partial charge is 0.229 e. The zero-order chi connectivity index (χ0) is 28.0. The highest BCUT2D eigenvalue weighted by Crippen LogP contribution is 2.30. The highest BCUT2D eigenvalue weighted by Gasteiger charge is 2.29. The minimum atomic E-state index is -0.827. The van der Waals surface area contributed by atoms with E-state index in [0.29, 0.717) is 25.3 Å². The first-order valence-corrected chi connectivity index (χ1v) is 14.6. The van der Waals surface area contributed by atoms with E-state index in [2.05, 4.69) is 59.7 Å². The summed E-state index contributed by atoms with van der Waals surface area (Å²) in [6.45, 7) is 12.8. The Morgan fingerprint density at radius 3 is 2.60 bits per heavy atom. The summed E-state index contributed by atoms with van der Waals surface area (Å²) in [7, 11) is 1.92. The van der Waals surface area contributed by atoms with Gasteiger partial charge in [0.15, 0.2) is 0 Å². The van der Waals surface area contributed by atoms with Crippen LogP contribution in [0, 0.1) is 12.8 Å². The summed E-state index contributed by atoms with van der Waals surface area (Å²) < 4.78 is 5.66. The van der Waals surface area contributed by atoms with Crippen LogP contribution in [0.3, 0.4) is 0 Å². The molecule has 1 heterocycles. The predicted octanol–water partition coefficient (Wildman–Crippen LogP) is 5.13. The first kappa shape index (κ1) is 32.4. The number of nitrogens with one attached hydrogen (secondary N) is 2. The molecule has 2 aromatic rings. The molecule has 1 atom stereocenters. The normalized spacial score (nSPS) is 21.9. The number of ether oxygens (including phenoxy) is 1. The Labute approximate surface area is 247 Å². The first-order chi connectivity index (χ1) is 18.6. The first-order valence-electron chi connectivity index (χ1n) is 14.6. The average molecular weight is 573 g/mol. The number of benzene rings is 2. The van der Waals surface area contributed by atoms with Gasteiger partial charge in [0, 0.05) is 62.6 Å². The maximum absolute atomic E-state index is 13.4. The van der Waals surface area contributed by atoms with Crippen molar-refractivity contribution in [3.05, 3.63) is 59.2 Å². The molecule has 4 rings (SSSR count). The number of hydrogen-bond acceptors (Lipinski definition) is 6. The Balaban J connectivity index is 0.00000441. The topological polar surface area (TPSA) is 77.1 Å². The quantitative estimate of drug-likeness (QED) is 0.366. The lowest BCUT2D eigenvalue weighted by molar-refractivity contribution is -0.123. The summed E-state index contributed by atoms with van der Waals surface area (Å²) in [5.74, 6) is 0.291. The van der Waals surface area contributed by atoms with Gasteiger partial charge in [0.05, 0.1) is 18.8 Å². The molecule has 3 N–H and O–H groups in total. The van der Waals surface area contributed by atoms with Gasteiger partial charge in [-0.1, -0.05) is 18.2 Å². The van der Waals surface area contributed by atoms with Gasteiger partial charge in [0.25, 0.3) is 0 Å². The minimum Gasteiger partial charge on any atom is -0.388 e. The molecule has 2 fully saturated rings. The van der Waals surface area contributed by atoms with Crippen molar-refractivity contribution in [3.8, 4) is 0 Å². The number of aliphatic hydroxyl groups is 1. The van der Waals surface area contributed by atoms with Crippen molar-refractivity contribution in [2.45, 2.75) is 84.2 Å². The van der Waals surface area contributed by atoms with Crippen molar-refractivity contribution >= 4 is 29.7 Å². The van der Waals surface area contributed by atoms with Crippen LogP contribution in [-0.2, 0) is 22.7 Å². The number of piperazine rings is 1. The van der Waals surface area contributed by atoms with Gasteiger partial charge >= 0.3 is 0 Å². The third kappa shape index (κ3) is 9.45. The van der Waals surface area contributed by atoms with E-state index < -0.39 is 5.60 Å². The van der Waals surface area contributed by atoms with E-state index in [9.17, 15) is 9.90 Å². The zero-order valence-corrected chi connectivity index (χ0v) is 25.7. The number of anilines is 2. The van der Waals surface area contributed by atoms with Gasteiger partial charge < -0.3 is 25.4 Å². The molecule has 1 aliphatic heterocycles. The van der Waals surface area contributed by atoms with E-state index >= 15 is 0 Å². The van der Waals surface area contributed by atoms with Crippen molar-refractivity contribution in [3.63, 3.8) is 0 Å². The maximum atomic E-state index is 13.4. The molecule has 1 saturated heterocycles. The molecular formula is C32H49ClN4O3. The van der Waals surface area contributed by atoms with Crippen molar-refractivity contribution in [2.75, 3.05) is 43.5 Å². The monoisotopic (exact) mass is 572 g/mol. The highest BCUT2D eigenvalue weighted by molar-refractivity contribution is 5.94. The van der Waals surface area contributed by atoms with Gasteiger partial charge in [-0.3, -0.25) is 9.69 Å². The van der Waals surface area contributed by atoms with Crippen LogP contribution in [0.5, 0.6) is 0 Å². The molecule has 222 valence electrons. The van der Waals surface area contributed by atoms with Crippen molar-refractivity contribution in [1.82, 2.24) is 10.2 Å². The molecule has 0 bridgehead atoms. The number of rotatable bonds is 10. The van der Waals surface area contributed by atoms with E-state index in [1.54, 1.807) is 13.8 Å². The molecule has 2 aliphatic rings. The van der Waals surface area contributed by atoms with Crippen LogP contribution in [0.2, 0.25) is 0 Å². The molecule has 2 aromatic carbocycles. The zero-order valence-electron chi connectivity index (χ0n) is 24.9. The Morgan fingerprint density at radius 1 is 1.18 bits per heavy atom. The predicted molar refractivity (Wildman–Crippen MR) is 166 cm³/mol. The maximum Gasteiger partial charge on any atom is 0.229 e. The van der Waals surface area contributed by atoms with Crippen LogP contribution in [0.15, 0.2) is 42.5 Å². The summed E-state index contributed by atoms with van der Waals surface area (Å²) in [5.41, 5.74) is 4.91. The molecule has 0 unspecified atom stereocenters. The second-order valence-corrected chi connectivity index (χ2v) is 12.3. The van der Waals surface area contributed by atoms with E-state index in [-0.39, 0.29) is 24.2 Å². The molecule has 0 aromatic heterocycles. The van der Waals surface area contributed by atoms with Gasteiger partial charge in [0.2, 0.25) is 5.91 Å². The van der Waals surface area contributed by atoms with Crippen molar-refractivity contribution < 1.29 is 14.6 Å². The fourth-order valence-electron chi connectivity index (χ4n) is 5.75. The summed E-state index contributed by atoms with van der Waals surface area (Å²) in [6.07, 6.45) is 3.75. The third-order valence-corrected chi connectivity index (χ3v) is 7.99. The molecule has 0 spiro atoms. The van der Waals surface area contributed by atoms with Gasteiger partial charge in [-0.2, -0.15) is 0 Å². The summed E-state index contributed by atoms with van der Waals surface area (Å²) in [5, 5.41) is 17.0. The second-order valence-electron chi connectivity index (χ2n) is 12.3. The van der Waals surface area contributed by atoms with Crippen molar-refractivity contribution in [1.29, 1.82) is 0 Å². The second kappa shape index (κ2) is 14.6.